The van der Waals surface area contributed by atoms with E-state index in [1.165, 1.54) is 39.2 Å². The second-order valence-corrected chi connectivity index (χ2v) is 4.81. The second kappa shape index (κ2) is 4.52. The van der Waals surface area contributed by atoms with Gasteiger partial charge in [-0.3, -0.25) is 4.79 Å². The minimum atomic E-state index is -0.165. The third-order valence-corrected chi connectivity index (χ3v) is 3.68. The first-order chi connectivity index (χ1) is 7.24. The Labute approximate surface area is 91.1 Å². The molecule has 2 saturated carbocycles. The van der Waals surface area contributed by atoms with E-state index >= 15 is 0 Å². The first-order valence-electron chi connectivity index (χ1n) is 5.99. The molecule has 0 radical (unpaired) electrons. The Morgan fingerprint density at radius 2 is 1.93 bits per heavy atom. The fourth-order valence-electron chi connectivity index (χ4n) is 2.60. The topological polar surface area (TPSA) is 35.5 Å². The molecule has 2 rings (SSSR count). The van der Waals surface area contributed by atoms with E-state index in [1.807, 2.05) is 0 Å². The fourth-order valence-corrected chi connectivity index (χ4v) is 2.60. The standard InChI is InChI=1S/C12H20O3/c1-14-11(13)9-12(7-4-8-12)15-10-5-2-3-6-10/h10H,2-9H2,1H3. The summed E-state index contributed by atoms with van der Waals surface area (Å²) in [6.45, 7) is 0. The third-order valence-electron chi connectivity index (χ3n) is 3.68. The predicted molar refractivity (Wildman–Crippen MR) is 56.6 cm³/mol. The van der Waals surface area contributed by atoms with Gasteiger partial charge in [0.05, 0.1) is 25.2 Å². The van der Waals surface area contributed by atoms with Crippen molar-refractivity contribution in [1.82, 2.24) is 0 Å². The highest BCUT2D eigenvalue weighted by atomic mass is 16.5. The van der Waals surface area contributed by atoms with Crippen LogP contribution in [-0.2, 0) is 14.3 Å². The summed E-state index contributed by atoms with van der Waals surface area (Å²) in [4.78, 5) is 11.3. The number of ether oxygens (including phenoxy) is 2. The molecular weight excluding hydrogens is 192 g/mol. The van der Waals surface area contributed by atoms with Crippen LogP contribution in [0.3, 0.4) is 0 Å². The lowest BCUT2D eigenvalue weighted by molar-refractivity contribution is -0.168. The lowest BCUT2D eigenvalue weighted by atomic mass is 9.77. The highest BCUT2D eigenvalue weighted by Crippen LogP contribution is 2.41. The molecule has 0 unspecified atom stereocenters. The van der Waals surface area contributed by atoms with Crippen LogP contribution in [0.25, 0.3) is 0 Å². The SMILES string of the molecule is COC(=O)CC1(OC2CCCC2)CCC1. The van der Waals surface area contributed by atoms with Gasteiger partial charge in [-0.05, 0) is 32.1 Å². The van der Waals surface area contributed by atoms with Gasteiger partial charge in [0.1, 0.15) is 0 Å². The zero-order valence-corrected chi connectivity index (χ0v) is 9.46. The van der Waals surface area contributed by atoms with Crippen molar-refractivity contribution in [2.75, 3.05) is 7.11 Å². The summed E-state index contributed by atoms with van der Waals surface area (Å²) < 4.78 is 10.8. The molecule has 2 aliphatic carbocycles. The van der Waals surface area contributed by atoms with Crippen LogP contribution in [0.1, 0.15) is 51.4 Å². The van der Waals surface area contributed by atoms with Crippen LogP contribution in [0.5, 0.6) is 0 Å². The van der Waals surface area contributed by atoms with Gasteiger partial charge in [0.2, 0.25) is 0 Å². The molecule has 0 saturated heterocycles. The van der Waals surface area contributed by atoms with E-state index in [0.717, 1.165) is 12.8 Å². The molecule has 0 aliphatic heterocycles. The van der Waals surface area contributed by atoms with Crippen LogP contribution in [-0.4, -0.2) is 24.8 Å². The van der Waals surface area contributed by atoms with Crippen molar-refractivity contribution in [3.8, 4) is 0 Å². The minimum Gasteiger partial charge on any atom is -0.469 e. The summed E-state index contributed by atoms with van der Waals surface area (Å²) in [5.41, 5.74) is -0.165. The number of carbonyl (C=O) groups excluding carboxylic acids is 1. The average molecular weight is 212 g/mol. The number of hydrogen-bond acceptors (Lipinski definition) is 3. The summed E-state index contributed by atoms with van der Waals surface area (Å²) in [6.07, 6.45) is 8.97. The zero-order valence-electron chi connectivity index (χ0n) is 9.46. The number of rotatable bonds is 4. The molecule has 15 heavy (non-hydrogen) atoms. The summed E-state index contributed by atoms with van der Waals surface area (Å²) in [7, 11) is 1.45. The molecule has 3 heteroatoms. The zero-order chi connectivity index (χ0) is 10.7. The number of esters is 1. The lowest BCUT2D eigenvalue weighted by Gasteiger charge is -2.42. The van der Waals surface area contributed by atoms with Crippen molar-refractivity contribution in [1.29, 1.82) is 0 Å². The van der Waals surface area contributed by atoms with E-state index in [9.17, 15) is 4.79 Å². The number of carbonyl (C=O) groups is 1. The second-order valence-electron chi connectivity index (χ2n) is 4.81. The Bertz CT molecular complexity index is 227. The largest absolute Gasteiger partial charge is 0.469 e. The summed E-state index contributed by atoms with van der Waals surface area (Å²) in [5.74, 6) is -0.132. The molecule has 0 aromatic carbocycles. The number of methoxy groups -OCH3 is 1. The van der Waals surface area contributed by atoms with Gasteiger partial charge in [0.15, 0.2) is 0 Å². The van der Waals surface area contributed by atoms with Gasteiger partial charge < -0.3 is 9.47 Å². The van der Waals surface area contributed by atoms with Crippen molar-refractivity contribution in [3.63, 3.8) is 0 Å². The first kappa shape index (κ1) is 10.9. The van der Waals surface area contributed by atoms with Gasteiger partial charge in [0, 0.05) is 0 Å². The van der Waals surface area contributed by atoms with Crippen LogP contribution in [0.15, 0.2) is 0 Å². The minimum absolute atomic E-state index is 0.132. The van der Waals surface area contributed by atoms with Crippen LogP contribution in [0.4, 0.5) is 0 Å². The van der Waals surface area contributed by atoms with Crippen molar-refractivity contribution in [2.45, 2.75) is 63.1 Å². The summed E-state index contributed by atoms with van der Waals surface area (Å²) in [6, 6.07) is 0. The molecule has 0 atom stereocenters. The van der Waals surface area contributed by atoms with E-state index in [0.29, 0.717) is 12.5 Å². The molecule has 0 aromatic rings. The van der Waals surface area contributed by atoms with Gasteiger partial charge in [-0.2, -0.15) is 0 Å². The quantitative estimate of drug-likeness (QED) is 0.671. The number of hydrogen-bond donors (Lipinski definition) is 0. The summed E-state index contributed by atoms with van der Waals surface area (Å²) >= 11 is 0. The van der Waals surface area contributed by atoms with Crippen LogP contribution < -0.4 is 0 Å². The van der Waals surface area contributed by atoms with E-state index in [4.69, 9.17) is 9.47 Å². The molecule has 2 aliphatic rings. The van der Waals surface area contributed by atoms with E-state index < -0.39 is 0 Å². The Hall–Kier alpha value is -0.570. The molecule has 0 bridgehead atoms. The highest BCUT2D eigenvalue weighted by Gasteiger charge is 2.42. The smallest absolute Gasteiger partial charge is 0.308 e. The maximum Gasteiger partial charge on any atom is 0.308 e. The molecule has 0 amide bonds. The van der Waals surface area contributed by atoms with Gasteiger partial charge in [-0.15, -0.1) is 0 Å². The van der Waals surface area contributed by atoms with Crippen molar-refractivity contribution >= 4 is 5.97 Å². The third kappa shape index (κ3) is 2.51. The molecule has 0 N–H and O–H groups in total. The lowest BCUT2D eigenvalue weighted by Crippen LogP contribution is -2.44. The molecule has 0 spiro atoms. The van der Waals surface area contributed by atoms with E-state index in [-0.39, 0.29) is 11.6 Å². The normalized spacial score (nSPS) is 24.9. The molecule has 3 nitrogen and oxygen atoms in total. The first-order valence-corrected chi connectivity index (χ1v) is 5.99. The van der Waals surface area contributed by atoms with E-state index in [1.54, 1.807) is 0 Å². The van der Waals surface area contributed by atoms with Crippen molar-refractivity contribution in [2.24, 2.45) is 0 Å². The predicted octanol–water partition coefficient (Wildman–Crippen LogP) is 2.43. The molecular formula is C12H20O3. The Morgan fingerprint density at radius 1 is 1.27 bits per heavy atom. The van der Waals surface area contributed by atoms with Gasteiger partial charge in [-0.25, -0.2) is 0 Å². The van der Waals surface area contributed by atoms with Gasteiger partial charge >= 0.3 is 5.97 Å². The van der Waals surface area contributed by atoms with E-state index in [2.05, 4.69) is 0 Å². The van der Waals surface area contributed by atoms with Crippen molar-refractivity contribution in [3.05, 3.63) is 0 Å². The Balaban J connectivity index is 1.86. The van der Waals surface area contributed by atoms with Gasteiger partial charge in [0.25, 0.3) is 0 Å². The van der Waals surface area contributed by atoms with Crippen LogP contribution in [0.2, 0.25) is 0 Å². The average Bonchev–Trinajstić information content (AvgIpc) is 2.66. The Morgan fingerprint density at radius 3 is 2.40 bits per heavy atom. The van der Waals surface area contributed by atoms with Crippen molar-refractivity contribution < 1.29 is 14.3 Å². The maximum absolute atomic E-state index is 11.3. The summed E-state index contributed by atoms with van der Waals surface area (Å²) in [5, 5.41) is 0. The molecule has 0 aromatic heterocycles. The molecule has 0 heterocycles. The van der Waals surface area contributed by atoms with Crippen LogP contribution >= 0.6 is 0 Å². The van der Waals surface area contributed by atoms with Crippen LogP contribution in [0, 0.1) is 0 Å². The highest BCUT2D eigenvalue weighted by molar-refractivity contribution is 5.70. The Kier molecular flexibility index (Phi) is 3.29. The van der Waals surface area contributed by atoms with Gasteiger partial charge in [-0.1, -0.05) is 12.8 Å². The monoisotopic (exact) mass is 212 g/mol. The maximum atomic E-state index is 11.3. The molecule has 86 valence electrons. The molecule has 2 fully saturated rings. The fraction of sp³-hybridized carbons (Fsp3) is 0.917.